The second-order valence-corrected chi connectivity index (χ2v) is 5.71. The molecule has 0 saturated carbocycles. The fraction of sp³-hybridized carbons (Fsp3) is 0.444. The van der Waals surface area contributed by atoms with Gasteiger partial charge < -0.3 is 10.2 Å². The van der Waals surface area contributed by atoms with Crippen LogP contribution in [0.2, 0.25) is 0 Å². The predicted octanol–water partition coefficient (Wildman–Crippen LogP) is 3.36. The van der Waals surface area contributed by atoms with Crippen LogP contribution in [0.25, 0.3) is 0 Å². The van der Waals surface area contributed by atoms with Gasteiger partial charge in [-0.1, -0.05) is 43.7 Å². The largest absolute Gasteiger partial charge is 0.352 e. The van der Waals surface area contributed by atoms with Gasteiger partial charge in [-0.25, -0.2) is 0 Å². The van der Waals surface area contributed by atoms with E-state index >= 15 is 0 Å². The maximum atomic E-state index is 4.43. The fourth-order valence-corrected chi connectivity index (χ4v) is 2.42. The molecule has 6 heteroatoms. The fourth-order valence-electron chi connectivity index (χ4n) is 2.42. The molecule has 0 unspecified atom stereocenters. The van der Waals surface area contributed by atoms with Crippen molar-refractivity contribution in [1.82, 2.24) is 20.0 Å². The van der Waals surface area contributed by atoms with E-state index in [1.165, 1.54) is 18.4 Å². The minimum absolute atomic E-state index is 0. The first-order valence-electron chi connectivity index (χ1n) is 8.20. The van der Waals surface area contributed by atoms with Crippen molar-refractivity contribution in [2.75, 3.05) is 20.6 Å². The summed E-state index contributed by atoms with van der Waals surface area (Å²) in [5.41, 5.74) is 2.41. The van der Waals surface area contributed by atoms with Crippen molar-refractivity contribution in [2.24, 2.45) is 4.99 Å². The van der Waals surface area contributed by atoms with Crippen LogP contribution >= 0.6 is 24.0 Å². The molecule has 0 fully saturated rings. The number of aliphatic imine (C=N–C) groups is 1. The first kappa shape index (κ1) is 20.5. The Labute approximate surface area is 162 Å². The molecule has 1 heterocycles. The number of guanidine groups is 1. The first-order valence-corrected chi connectivity index (χ1v) is 8.20. The summed E-state index contributed by atoms with van der Waals surface area (Å²) in [5.74, 6) is 0.925. The molecular weight excluding hydrogens is 413 g/mol. The maximum absolute atomic E-state index is 4.43. The van der Waals surface area contributed by atoms with Crippen molar-refractivity contribution >= 4 is 29.9 Å². The Balaban J connectivity index is 0.00000288. The van der Waals surface area contributed by atoms with Gasteiger partial charge in [-0.15, -0.1) is 24.0 Å². The smallest absolute Gasteiger partial charge is 0.193 e. The van der Waals surface area contributed by atoms with E-state index < -0.39 is 0 Å². The van der Waals surface area contributed by atoms with Crippen LogP contribution in [0, 0.1) is 0 Å². The molecule has 0 aliphatic rings. The highest BCUT2D eigenvalue weighted by Gasteiger charge is 2.06. The summed E-state index contributed by atoms with van der Waals surface area (Å²) in [6.07, 6.45) is 6.36. The van der Waals surface area contributed by atoms with Gasteiger partial charge in [-0.3, -0.25) is 9.67 Å². The topological polar surface area (TPSA) is 45.4 Å². The van der Waals surface area contributed by atoms with Gasteiger partial charge >= 0.3 is 0 Å². The molecule has 0 spiro atoms. The van der Waals surface area contributed by atoms with Crippen LogP contribution in [-0.4, -0.2) is 41.3 Å². The van der Waals surface area contributed by atoms with Gasteiger partial charge in [0.05, 0.1) is 12.7 Å². The maximum Gasteiger partial charge on any atom is 0.193 e. The Morgan fingerprint density at radius 3 is 2.67 bits per heavy atom. The van der Waals surface area contributed by atoms with Crippen LogP contribution in [0.3, 0.4) is 0 Å². The van der Waals surface area contributed by atoms with Crippen molar-refractivity contribution < 1.29 is 0 Å². The Hall–Kier alpha value is -1.57. The summed E-state index contributed by atoms with van der Waals surface area (Å²) in [5, 5.41) is 7.83. The molecule has 132 valence electrons. The van der Waals surface area contributed by atoms with Gasteiger partial charge in [0, 0.05) is 38.9 Å². The van der Waals surface area contributed by atoms with E-state index in [2.05, 4.69) is 64.7 Å². The number of rotatable bonds is 7. The molecule has 0 amide bonds. The predicted molar refractivity (Wildman–Crippen MR) is 111 cm³/mol. The highest BCUT2D eigenvalue weighted by atomic mass is 127. The van der Waals surface area contributed by atoms with E-state index in [4.69, 9.17) is 0 Å². The van der Waals surface area contributed by atoms with Gasteiger partial charge in [0.15, 0.2) is 5.96 Å². The normalized spacial score (nSPS) is 11.0. The van der Waals surface area contributed by atoms with Crippen LogP contribution in [0.15, 0.2) is 47.7 Å². The second kappa shape index (κ2) is 11.1. The third-order valence-electron chi connectivity index (χ3n) is 3.75. The van der Waals surface area contributed by atoms with Crippen molar-refractivity contribution in [3.63, 3.8) is 0 Å². The Morgan fingerprint density at radius 1 is 1.25 bits per heavy atom. The van der Waals surface area contributed by atoms with Gasteiger partial charge in [-0.2, -0.15) is 5.10 Å². The molecule has 0 radical (unpaired) electrons. The average Bonchev–Trinajstić information content (AvgIpc) is 3.01. The van der Waals surface area contributed by atoms with Crippen LogP contribution in [-0.2, 0) is 13.1 Å². The quantitative estimate of drug-likeness (QED) is 0.407. The highest BCUT2D eigenvalue weighted by molar-refractivity contribution is 14.0. The molecule has 2 rings (SSSR count). The molecule has 24 heavy (non-hydrogen) atoms. The zero-order chi connectivity index (χ0) is 16.5. The van der Waals surface area contributed by atoms with E-state index in [-0.39, 0.29) is 24.0 Å². The summed E-state index contributed by atoms with van der Waals surface area (Å²) in [7, 11) is 3.90. The molecular formula is C18H28IN5. The number of hydrogen-bond acceptors (Lipinski definition) is 2. The molecule has 0 atom stereocenters. The summed E-state index contributed by atoms with van der Waals surface area (Å²) in [6, 6.07) is 10.4. The van der Waals surface area contributed by atoms with Gasteiger partial charge in [0.25, 0.3) is 0 Å². The van der Waals surface area contributed by atoms with E-state index in [1.807, 2.05) is 24.0 Å². The first-order chi connectivity index (χ1) is 11.2. The molecule has 5 nitrogen and oxygen atoms in total. The van der Waals surface area contributed by atoms with Gasteiger partial charge in [0.2, 0.25) is 0 Å². The highest BCUT2D eigenvalue weighted by Crippen LogP contribution is 2.04. The van der Waals surface area contributed by atoms with Crippen LogP contribution < -0.4 is 5.32 Å². The Kier molecular flexibility index (Phi) is 9.44. The Morgan fingerprint density at radius 2 is 2.00 bits per heavy atom. The number of hydrogen-bond donors (Lipinski definition) is 1. The summed E-state index contributed by atoms with van der Waals surface area (Å²) in [4.78, 5) is 6.50. The molecule has 0 aliphatic heterocycles. The van der Waals surface area contributed by atoms with Crippen LogP contribution in [0.5, 0.6) is 0 Å². The number of nitrogens with one attached hydrogen (secondary N) is 1. The van der Waals surface area contributed by atoms with Crippen molar-refractivity contribution in [3.05, 3.63) is 53.9 Å². The lowest BCUT2D eigenvalue weighted by Crippen LogP contribution is -2.38. The minimum atomic E-state index is 0. The molecule has 2 aromatic rings. The van der Waals surface area contributed by atoms with E-state index in [1.54, 1.807) is 0 Å². The van der Waals surface area contributed by atoms with E-state index in [9.17, 15) is 0 Å². The average molecular weight is 441 g/mol. The molecule has 1 aromatic heterocycles. The number of benzene rings is 1. The molecule has 1 aromatic carbocycles. The van der Waals surface area contributed by atoms with Crippen molar-refractivity contribution in [1.29, 1.82) is 0 Å². The number of nitrogens with zero attached hydrogens (tertiary/aromatic N) is 4. The zero-order valence-corrected chi connectivity index (χ0v) is 17.1. The lowest BCUT2D eigenvalue weighted by Gasteiger charge is -2.21. The molecule has 0 saturated heterocycles. The molecule has 0 bridgehead atoms. The Bertz CT molecular complexity index is 609. The standard InChI is InChI=1S/C18H27N5.HI/c1-4-5-11-22(3)18(19-2)20-12-17-13-21-23(15-17)14-16-9-7-6-8-10-16;/h6-10,13,15H,4-5,11-12,14H2,1-3H3,(H,19,20);1H. The van der Waals surface area contributed by atoms with Crippen molar-refractivity contribution in [2.45, 2.75) is 32.9 Å². The lowest BCUT2D eigenvalue weighted by atomic mass is 10.2. The van der Waals surface area contributed by atoms with Crippen LogP contribution in [0.4, 0.5) is 0 Å². The monoisotopic (exact) mass is 441 g/mol. The number of unbranched alkanes of at least 4 members (excludes halogenated alkanes) is 1. The summed E-state index contributed by atoms with van der Waals surface area (Å²) >= 11 is 0. The van der Waals surface area contributed by atoms with E-state index in [0.29, 0.717) is 0 Å². The summed E-state index contributed by atoms with van der Waals surface area (Å²) < 4.78 is 1.97. The third-order valence-corrected chi connectivity index (χ3v) is 3.75. The molecule has 1 N–H and O–H groups in total. The third kappa shape index (κ3) is 6.51. The number of aromatic nitrogens is 2. The molecule has 0 aliphatic carbocycles. The van der Waals surface area contributed by atoms with Crippen LogP contribution in [0.1, 0.15) is 30.9 Å². The number of halogens is 1. The van der Waals surface area contributed by atoms with Gasteiger partial charge in [-0.05, 0) is 12.0 Å². The van der Waals surface area contributed by atoms with Gasteiger partial charge in [0.1, 0.15) is 0 Å². The zero-order valence-electron chi connectivity index (χ0n) is 14.8. The second-order valence-electron chi connectivity index (χ2n) is 5.71. The van der Waals surface area contributed by atoms with Crippen molar-refractivity contribution in [3.8, 4) is 0 Å². The minimum Gasteiger partial charge on any atom is -0.352 e. The van der Waals surface area contributed by atoms with E-state index in [0.717, 1.165) is 31.2 Å². The SMILES string of the molecule is CCCCN(C)C(=NC)NCc1cnn(Cc2ccccc2)c1.I. The lowest BCUT2D eigenvalue weighted by molar-refractivity contribution is 0.464. The summed E-state index contributed by atoms with van der Waals surface area (Å²) in [6.45, 7) is 4.75.